The zero-order chi connectivity index (χ0) is 32.6. The molecule has 0 spiro atoms. The van der Waals surface area contributed by atoms with Gasteiger partial charge in [-0.25, -0.2) is 4.79 Å². The highest BCUT2D eigenvalue weighted by atomic mass is 28.4. The molecular formula is C29H61N3O6Si3. The molecule has 0 aliphatic carbocycles. The van der Waals surface area contributed by atoms with Crippen molar-refractivity contribution in [3.63, 3.8) is 0 Å². The first-order valence-electron chi connectivity index (χ1n) is 14.9. The molecule has 0 saturated carbocycles. The number of nitrogens with one attached hydrogen (secondary N) is 1. The minimum Gasteiger partial charge on any atom is -0.416 e. The maximum absolute atomic E-state index is 13.4. The van der Waals surface area contributed by atoms with Gasteiger partial charge in [0.15, 0.2) is 8.32 Å². The van der Waals surface area contributed by atoms with Crippen LogP contribution in [0.5, 0.6) is 0 Å². The number of imide groups is 1. The number of amides is 3. The number of hydrogen-bond donors (Lipinski definition) is 4. The Bertz CT molecular complexity index is 1030. The molecule has 240 valence electrons. The Balaban J connectivity index is 2.60. The number of nitrogens with zero attached hydrogens (tertiary/aromatic N) is 1. The molecule has 41 heavy (non-hydrogen) atoms. The lowest BCUT2D eigenvalue weighted by molar-refractivity contribution is -0.165. The highest BCUT2D eigenvalue weighted by Crippen LogP contribution is 2.54. The van der Waals surface area contributed by atoms with E-state index in [1.165, 1.54) is 4.90 Å². The second-order valence-electron chi connectivity index (χ2n) is 17.7. The summed E-state index contributed by atoms with van der Waals surface area (Å²) in [6.07, 6.45) is -1.05. The molecule has 5 atom stereocenters. The molecule has 0 radical (unpaired) electrons. The lowest BCUT2D eigenvalue weighted by Crippen LogP contribution is -2.71. The molecule has 0 aromatic carbocycles. The number of hydrogen-bond acceptors (Lipinski definition) is 7. The smallest absolute Gasteiger partial charge is 0.327 e. The predicted octanol–water partition coefficient (Wildman–Crippen LogP) is 5.16. The second-order valence-corrected chi connectivity index (χ2v) is 33.7. The van der Waals surface area contributed by atoms with E-state index < -0.39 is 64.7 Å². The fraction of sp³-hybridized carbons (Fsp3) is 0.931. The van der Waals surface area contributed by atoms with E-state index in [1.807, 2.05) is 0 Å². The predicted molar refractivity (Wildman–Crippen MR) is 173 cm³/mol. The van der Waals surface area contributed by atoms with E-state index in [9.17, 15) is 19.8 Å². The quantitative estimate of drug-likeness (QED) is 0.285. The summed E-state index contributed by atoms with van der Waals surface area (Å²) in [4.78, 5) is 28.0. The van der Waals surface area contributed by atoms with Gasteiger partial charge in [0, 0.05) is 19.6 Å². The molecule has 3 amide bonds. The minimum absolute atomic E-state index is 0.0285. The van der Waals surface area contributed by atoms with Crippen LogP contribution in [0, 0.1) is 5.41 Å². The number of aliphatic hydroxyl groups is 2. The van der Waals surface area contributed by atoms with Gasteiger partial charge in [-0.15, -0.1) is 0 Å². The first kappa shape index (κ1) is 36.6. The molecule has 2 aliphatic heterocycles. The average Bonchev–Trinajstić information content (AvgIpc) is 3.05. The zero-order valence-corrected chi connectivity index (χ0v) is 31.8. The van der Waals surface area contributed by atoms with Crippen LogP contribution < -0.4 is 11.1 Å². The third kappa shape index (κ3) is 6.18. The molecule has 0 aromatic rings. The maximum Gasteiger partial charge on any atom is 0.327 e. The maximum atomic E-state index is 13.4. The molecule has 0 aromatic heterocycles. The number of rotatable bonds is 7. The van der Waals surface area contributed by atoms with E-state index in [0.29, 0.717) is 0 Å². The first-order valence-corrected chi connectivity index (χ1v) is 23.9. The molecule has 9 nitrogen and oxygen atoms in total. The fourth-order valence-corrected chi connectivity index (χ4v) is 11.3. The lowest BCUT2D eigenvalue weighted by Gasteiger charge is -2.52. The van der Waals surface area contributed by atoms with Gasteiger partial charge in [0.05, 0.1) is 32.5 Å². The highest BCUT2D eigenvalue weighted by Gasteiger charge is 2.70. The zero-order valence-electron chi connectivity index (χ0n) is 28.8. The molecule has 0 bridgehead atoms. The summed E-state index contributed by atoms with van der Waals surface area (Å²) in [5, 5.41) is 25.3. The van der Waals surface area contributed by atoms with Crippen LogP contribution in [0.15, 0.2) is 0 Å². The minimum atomic E-state index is -2.68. The topological polar surface area (TPSA) is 134 Å². The van der Waals surface area contributed by atoms with Gasteiger partial charge in [-0.3, -0.25) is 20.7 Å². The van der Waals surface area contributed by atoms with Crippen molar-refractivity contribution in [1.29, 1.82) is 0 Å². The number of carbonyl (C=O) groups excluding carboxylic acids is 2. The summed E-state index contributed by atoms with van der Waals surface area (Å²) in [5.74, 6) is -2.15. The van der Waals surface area contributed by atoms with Crippen molar-refractivity contribution in [2.45, 2.75) is 153 Å². The monoisotopic (exact) mass is 631 g/mol. The molecule has 2 heterocycles. The number of ether oxygens (including phenoxy) is 1. The molecule has 2 unspecified atom stereocenters. The summed E-state index contributed by atoms with van der Waals surface area (Å²) in [7, 11) is -7.34. The van der Waals surface area contributed by atoms with E-state index in [0.717, 1.165) is 0 Å². The van der Waals surface area contributed by atoms with Crippen molar-refractivity contribution in [3.8, 4) is 0 Å². The van der Waals surface area contributed by atoms with Gasteiger partial charge in [0.1, 0.15) is 6.10 Å². The Morgan fingerprint density at radius 3 is 1.90 bits per heavy atom. The Morgan fingerprint density at radius 1 is 1.00 bits per heavy atom. The van der Waals surface area contributed by atoms with E-state index in [4.69, 9.17) is 14.9 Å². The normalized spacial score (nSPS) is 31.9. The molecule has 2 aliphatic rings. The van der Waals surface area contributed by atoms with Crippen LogP contribution >= 0.6 is 0 Å². The Morgan fingerprint density at radius 2 is 1.49 bits per heavy atom. The van der Waals surface area contributed by atoms with Gasteiger partial charge in [-0.05, 0) is 35.1 Å². The molecule has 5 N–H and O–H groups in total. The van der Waals surface area contributed by atoms with Crippen molar-refractivity contribution >= 4 is 36.4 Å². The van der Waals surface area contributed by atoms with Gasteiger partial charge in [-0.1, -0.05) is 88.5 Å². The van der Waals surface area contributed by atoms with Crippen molar-refractivity contribution in [3.05, 3.63) is 0 Å². The number of urea groups is 1. The summed E-state index contributed by atoms with van der Waals surface area (Å²) >= 11 is 0. The third-order valence-electron chi connectivity index (χ3n) is 11.8. The molecule has 2 fully saturated rings. The Labute approximate surface area is 252 Å². The van der Waals surface area contributed by atoms with Gasteiger partial charge < -0.3 is 19.4 Å². The second kappa shape index (κ2) is 10.5. The van der Waals surface area contributed by atoms with Gasteiger partial charge in [0.2, 0.25) is 11.8 Å². The van der Waals surface area contributed by atoms with E-state index in [2.05, 4.69) is 107 Å². The highest BCUT2D eigenvalue weighted by molar-refractivity contribution is 6.84. The SMILES string of the molecule is CC1(CO[Si](C)(C)C(C)(C)C)CN([C@@]2(N)C[C@@](O)([Si](C)(C)C(C)(C)C)[C@@H](C(O)[Si](C)(C)C(C)(C)C)O2)C(=O)NC1=O. The van der Waals surface area contributed by atoms with Gasteiger partial charge >= 0.3 is 6.03 Å². The van der Waals surface area contributed by atoms with Crippen molar-refractivity contribution < 1.29 is 29.0 Å². The van der Waals surface area contributed by atoms with E-state index in [-0.39, 0.29) is 34.7 Å². The number of aliphatic hydroxyl groups excluding tert-OH is 1. The summed E-state index contributed by atoms with van der Waals surface area (Å²) < 4.78 is 13.0. The lowest BCUT2D eigenvalue weighted by atomic mass is 9.87. The Kier molecular flexibility index (Phi) is 9.36. The fourth-order valence-electron chi connectivity index (χ4n) is 5.16. The molecule has 2 rings (SSSR count). The van der Waals surface area contributed by atoms with Gasteiger partial charge in [-0.2, -0.15) is 0 Å². The largest absolute Gasteiger partial charge is 0.416 e. The average molecular weight is 632 g/mol. The first-order chi connectivity index (χ1) is 17.8. The van der Waals surface area contributed by atoms with E-state index in [1.54, 1.807) is 6.92 Å². The Hall–Kier alpha value is -0.609. The summed E-state index contributed by atoms with van der Waals surface area (Å²) in [6, 6.07) is -0.664. The van der Waals surface area contributed by atoms with Crippen LogP contribution in [-0.2, 0) is 14.0 Å². The van der Waals surface area contributed by atoms with Gasteiger partial charge in [0.25, 0.3) is 0 Å². The van der Waals surface area contributed by atoms with Crippen LogP contribution in [0.2, 0.25) is 54.4 Å². The van der Waals surface area contributed by atoms with Crippen molar-refractivity contribution in [2.24, 2.45) is 11.1 Å². The number of nitrogens with two attached hydrogens (primary N) is 1. The van der Waals surface area contributed by atoms with Crippen LogP contribution in [0.3, 0.4) is 0 Å². The number of carbonyl (C=O) groups is 2. The van der Waals surface area contributed by atoms with Crippen LogP contribution in [0.25, 0.3) is 0 Å². The van der Waals surface area contributed by atoms with Crippen LogP contribution in [0.1, 0.15) is 75.7 Å². The summed E-state index contributed by atoms with van der Waals surface area (Å²) in [6.45, 7) is 33.5. The molecular weight excluding hydrogens is 571 g/mol. The standard InChI is InChI=1S/C29H61N3O6Si3/c1-24(2,3)39(11,12)21(33)20-28(36,40(13,14)25(4,5)6)17-29(30,38-20)32-18-27(10,22(34)31-23(32)35)19-37-41(15,16)26(7,8)9/h20-21,33,36H,17-19,30H2,1-16H3,(H,31,34,35)/t20-,21?,27?,28-,29+/m1/s1. The molecule has 12 heteroatoms. The van der Waals surface area contributed by atoms with Crippen LogP contribution in [-0.4, -0.2) is 87.6 Å². The summed E-state index contributed by atoms with van der Waals surface area (Å²) in [5.41, 5.74) is 4.98. The third-order valence-corrected chi connectivity index (χ3v) is 28.3. The van der Waals surface area contributed by atoms with Crippen molar-refractivity contribution in [2.75, 3.05) is 13.2 Å². The molecule has 2 saturated heterocycles. The van der Waals surface area contributed by atoms with E-state index >= 15 is 0 Å². The van der Waals surface area contributed by atoms with Crippen molar-refractivity contribution in [1.82, 2.24) is 10.2 Å². The van der Waals surface area contributed by atoms with Crippen LogP contribution in [0.4, 0.5) is 4.79 Å².